The van der Waals surface area contributed by atoms with E-state index in [0.717, 1.165) is 24.8 Å². The second-order valence-electron chi connectivity index (χ2n) is 3.93. The van der Waals surface area contributed by atoms with Gasteiger partial charge >= 0.3 is 0 Å². The first-order chi connectivity index (χ1) is 6.35. The quantitative estimate of drug-likeness (QED) is 0.749. The molecule has 1 saturated carbocycles. The third kappa shape index (κ3) is 1.75. The predicted molar refractivity (Wildman–Crippen MR) is 55.7 cm³/mol. The molecule has 0 radical (unpaired) electrons. The van der Waals surface area contributed by atoms with Crippen molar-refractivity contribution in [3.63, 3.8) is 0 Å². The summed E-state index contributed by atoms with van der Waals surface area (Å²) >= 11 is 0. The predicted octanol–water partition coefficient (Wildman–Crippen LogP) is 2.31. The monoisotopic (exact) mass is 175 g/mol. The summed E-state index contributed by atoms with van der Waals surface area (Å²) in [5, 5.41) is 0. The Morgan fingerprint density at radius 2 is 2.00 bits per heavy atom. The minimum Gasteiger partial charge on any atom is -0.330 e. The first kappa shape index (κ1) is 8.76. The van der Waals surface area contributed by atoms with Crippen molar-refractivity contribution in [2.75, 3.05) is 6.54 Å². The number of hydrogen-bond acceptors (Lipinski definition) is 1. The molecule has 1 aliphatic rings. The Kier molecular flexibility index (Phi) is 2.36. The number of rotatable bonds is 3. The van der Waals surface area contributed by atoms with Gasteiger partial charge in [0.05, 0.1) is 0 Å². The molecule has 0 heterocycles. The van der Waals surface area contributed by atoms with Gasteiger partial charge in [0.25, 0.3) is 0 Å². The molecule has 0 amide bonds. The van der Waals surface area contributed by atoms with Crippen LogP contribution in [0.4, 0.5) is 0 Å². The third-order valence-electron chi connectivity index (χ3n) is 3.04. The standard InChI is InChI=1S/C12H17N/c1-2-9-3-5-10(6-4-9)12-7-11(12)8-13/h3-6,11-12H,2,7-8,13H2,1H3/t11-,12-/m1/s1. The zero-order chi connectivity index (χ0) is 9.26. The summed E-state index contributed by atoms with van der Waals surface area (Å²) < 4.78 is 0. The lowest BCUT2D eigenvalue weighted by molar-refractivity contribution is 0.809. The van der Waals surface area contributed by atoms with E-state index < -0.39 is 0 Å². The van der Waals surface area contributed by atoms with Crippen LogP contribution in [0.5, 0.6) is 0 Å². The normalized spacial score (nSPS) is 26.0. The highest BCUT2D eigenvalue weighted by molar-refractivity contribution is 5.29. The van der Waals surface area contributed by atoms with Crippen molar-refractivity contribution in [3.8, 4) is 0 Å². The SMILES string of the molecule is CCc1ccc([C@H]2C[C@@H]2CN)cc1. The van der Waals surface area contributed by atoms with Crippen LogP contribution in [0.15, 0.2) is 24.3 Å². The third-order valence-corrected chi connectivity index (χ3v) is 3.04. The molecule has 1 heteroatoms. The maximum Gasteiger partial charge on any atom is -0.00428 e. The summed E-state index contributed by atoms with van der Waals surface area (Å²) in [6.45, 7) is 3.04. The molecule has 13 heavy (non-hydrogen) atoms. The minimum atomic E-state index is 0.757. The van der Waals surface area contributed by atoms with Gasteiger partial charge in [-0.25, -0.2) is 0 Å². The Labute approximate surface area is 80.0 Å². The molecule has 1 aromatic rings. The molecule has 2 atom stereocenters. The lowest BCUT2D eigenvalue weighted by Crippen LogP contribution is -2.01. The molecular formula is C12H17N. The molecule has 70 valence electrons. The number of hydrogen-bond donors (Lipinski definition) is 1. The molecule has 1 nitrogen and oxygen atoms in total. The zero-order valence-corrected chi connectivity index (χ0v) is 8.16. The van der Waals surface area contributed by atoms with Crippen LogP contribution in [0, 0.1) is 5.92 Å². The van der Waals surface area contributed by atoms with Crippen molar-refractivity contribution in [1.82, 2.24) is 0 Å². The average molecular weight is 175 g/mol. The highest BCUT2D eigenvalue weighted by Gasteiger charge is 2.36. The van der Waals surface area contributed by atoms with Crippen molar-refractivity contribution < 1.29 is 0 Å². The lowest BCUT2D eigenvalue weighted by atomic mass is 10.1. The fraction of sp³-hybridized carbons (Fsp3) is 0.500. The molecule has 1 fully saturated rings. The molecule has 0 bridgehead atoms. The van der Waals surface area contributed by atoms with Gasteiger partial charge in [0.2, 0.25) is 0 Å². The topological polar surface area (TPSA) is 26.0 Å². The Morgan fingerprint density at radius 3 is 2.46 bits per heavy atom. The summed E-state index contributed by atoms with van der Waals surface area (Å²) in [5.74, 6) is 1.52. The largest absolute Gasteiger partial charge is 0.330 e. The fourth-order valence-electron chi connectivity index (χ4n) is 1.92. The van der Waals surface area contributed by atoms with Gasteiger partial charge in [-0.05, 0) is 42.3 Å². The van der Waals surface area contributed by atoms with Crippen LogP contribution in [-0.4, -0.2) is 6.54 Å². The average Bonchev–Trinajstić information content (AvgIpc) is 2.97. The molecule has 1 aromatic carbocycles. The van der Waals surface area contributed by atoms with E-state index in [-0.39, 0.29) is 0 Å². The van der Waals surface area contributed by atoms with Crippen LogP contribution in [0.2, 0.25) is 0 Å². The molecule has 0 spiro atoms. The van der Waals surface area contributed by atoms with Gasteiger partial charge in [0, 0.05) is 0 Å². The van der Waals surface area contributed by atoms with E-state index in [2.05, 4.69) is 31.2 Å². The van der Waals surface area contributed by atoms with Crippen LogP contribution in [0.1, 0.15) is 30.4 Å². The number of benzene rings is 1. The van der Waals surface area contributed by atoms with E-state index in [1.54, 1.807) is 0 Å². The van der Waals surface area contributed by atoms with Gasteiger partial charge in [-0.3, -0.25) is 0 Å². The lowest BCUT2D eigenvalue weighted by Gasteiger charge is -2.00. The van der Waals surface area contributed by atoms with E-state index >= 15 is 0 Å². The number of nitrogens with two attached hydrogens (primary N) is 1. The summed E-state index contributed by atoms with van der Waals surface area (Å²) in [4.78, 5) is 0. The summed E-state index contributed by atoms with van der Waals surface area (Å²) in [5.41, 5.74) is 8.52. The molecule has 0 saturated heterocycles. The van der Waals surface area contributed by atoms with E-state index in [1.807, 2.05) is 0 Å². The second kappa shape index (κ2) is 3.51. The molecule has 0 aromatic heterocycles. The highest BCUT2D eigenvalue weighted by Crippen LogP contribution is 2.46. The second-order valence-corrected chi connectivity index (χ2v) is 3.93. The summed E-state index contributed by atoms with van der Waals surface area (Å²) in [7, 11) is 0. The van der Waals surface area contributed by atoms with E-state index in [1.165, 1.54) is 17.5 Å². The van der Waals surface area contributed by atoms with Crippen molar-refractivity contribution in [1.29, 1.82) is 0 Å². The smallest absolute Gasteiger partial charge is 0.00428 e. The van der Waals surface area contributed by atoms with Crippen LogP contribution >= 0.6 is 0 Å². The maximum atomic E-state index is 5.62. The van der Waals surface area contributed by atoms with Gasteiger partial charge in [-0.2, -0.15) is 0 Å². The fourth-order valence-corrected chi connectivity index (χ4v) is 1.92. The van der Waals surface area contributed by atoms with Crippen molar-refractivity contribution in [2.24, 2.45) is 11.7 Å². The van der Waals surface area contributed by atoms with Crippen molar-refractivity contribution in [3.05, 3.63) is 35.4 Å². The zero-order valence-electron chi connectivity index (χ0n) is 8.16. The van der Waals surface area contributed by atoms with Crippen LogP contribution in [0.3, 0.4) is 0 Å². The van der Waals surface area contributed by atoms with Crippen LogP contribution in [0.25, 0.3) is 0 Å². The Hall–Kier alpha value is -0.820. The van der Waals surface area contributed by atoms with Gasteiger partial charge in [-0.1, -0.05) is 31.2 Å². The van der Waals surface area contributed by atoms with E-state index in [4.69, 9.17) is 5.73 Å². The van der Waals surface area contributed by atoms with Crippen molar-refractivity contribution >= 4 is 0 Å². The minimum absolute atomic E-state index is 0.757. The van der Waals surface area contributed by atoms with Gasteiger partial charge < -0.3 is 5.73 Å². The summed E-state index contributed by atoms with van der Waals surface area (Å²) in [6.07, 6.45) is 2.42. The maximum absolute atomic E-state index is 5.62. The molecule has 0 unspecified atom stereocenters. The van der Waals surface area contributed by atoms with Crippen molar-refractivity contribution in [2.45, 2.75) is 25.7 Å². The van der Waals surface area contributed by atoms with Crippen LogP contribution in [-0.2, 0) is 6.42 Å². The molecule has 0 aliphatic heterocycles. The summed E-state index contributed by atoms with van der Waals surface area (Å²) in [6, 6.07) is 9.00. The van der Waals surface area contributed by atoms with E-state index in [0.29, 0.717) is 0 Å². The first-order valence-electron chi connectivity index (χ1n) is 5.14. The van der Waals surface area contributed by atoms with Crippen LogP contribution < -0.4 is 5.73 Å². The number of aryl methyl sites for hydroxylation is 1. The highest BCUT2D eigenvalue weighted by atomic mass is 14.6. The molecule has 2 N–H and O–H groups in total. The molecule has 2 rings (SSSR count). The van der Waals surface area contributed by atoms with Gasteiger partial charge in [0.15, 0.2) is 0 Å². The Bertz CT molecular complexity index is 276. The van der Waals surface area contributed by atoms with Gasteiger partial charge in [-0.15, -0.1) is 0 Å². The molecule has 1 aliphatic carbocycles. The van der Waals surface area contributed by atoms with Gasteiger partial charge in [0.1, 0.15) is 0 Å². The molecular weight excluding hydrogens is 158 g/mol. The Morgan fingerprint density at radius 1 is 1.31 bits per heavy atom. The van der Waals surface area contributed by atoms with E-state index in [9.17, 15) is 0 Å². The first-order valence-corrected chi connectivity index (χ1v) is 5.14. The Balaban J connectivity index is 2.07.